The van der Waals surface area contributed by atoms with Crippen LogP contribution in [0.2, 0.25) is 0 Å². The lowest BCUT2D eigenvalue weighted by Gasteiger charge is -2.35. The van der Waals surface area contributed by atoms with Crippen LogP contribution in [0.4, 0.5) is 10.1 Å². The molecule has 7 heteroatoms. The average Bonchev–Trinajstić information content (AvgIpc) is 3.14. The zero-order chi connectivity index (χ0) is 19.3. The van der Waals surface area contributed by atoms with Crippen LogP contribution in [0.25, 0.3) is 0 Å². The van der Waals surface area contributed by atoms with Gasteiger partial charge in [-0.05, 0) is 43.1 Å². The molecule has 4 rings (SSSR count). The third-order valence-electron chi connectivity index (χ3n) is 5.89. The summed E-state index contributed by atoms with van der Waals surface area (Å²) in [5.74, 6) is 1.03. The lowest BCUT2D eigenvalue weighted by Crippen LogP contribution is -2.49. The van der Waals surface area contributed by atoms with Crippen LogP contribution in [0.1, 0.15) is 37.2 Å². The fourth-order valence-electron chi connectivity index (χ4n) is 4.26. The highest BCUT2D eigenvalue weighted by Gasteiger charge is 2.23. The van der Waals surface area contributed by atoms with E-state index in [0.29, 0.717) is 24.6 Å². The molecule has 0 radical (unpaired) electrons. The molecule has 0 saturated carbocycles. The van der Waals surface area contributed by atoms with Gasteiger partial charge in [0.05, 0.1) is 0 Å². The maximum atomic E-state index is 13.5. The Morgan fingerprint density at radius 2 is 2.07 bits per heavy atom. The number of guanidine groups is 1. The standard InChI is InChI=1S/C21H27FN6/c22-17-4-5-20-19(13-17)16(15-25-20)3-1-2-8-27-9-11-28(12-10-27)21-24-7-6-18(14-23)26-21/h4-5,13,16,25H,1-3,6-12,15H2. The maximum Gasteiger partial charge on any atom is 0.221 e. The van der Waals surface area contributed by atoms with Crippen LogP contribution in [0.15, 0.2) is 28.2 Å². The third-order valence-corrected chi connectivity index (χ3v) is 5.89. The zero-order valence-electron chi connectivity index (χ0n) is 16.2. The number of halogens is 1. The number of nitriles is 1. The minimum Gasteiger partial charge on any atom is -0.384 e. The Kier molecular flexibility index (Phi) is 5.87. The van der Waals surface area contributed by atoms with Crippen LogP contribution in [0.3, 0.4) is 0 Å². The van der Waals surface area contributed by atoms with Crippen molar-refractivity contribution in [2.75, 3.05) is 51.1 Å². The van der Waals surface area contributed by atoms with Crippen LogP contribution >= 0.6 is 0 Å². The molecule has 0 aliphatic carbocycles. The molecule has 1 saturated heterocycles. The van der Waals surface area contributed by atoms with Crippen LogP contribution < -0.4 is 5.32 Å². The van der Waals surface area contributed by atoms with Crippen LogP contribution in [0.5, 0.6) is 0 Å². The molecule has 3 heterocycles. The van der Waals surface area contributed by atoms with Gasteiger partial charge in [0.1, 0.15) is 17.6 Å². The fourth-order valence-corrected chi connectivity index (χ4v) is 4.26. The molecule has 1 unspecified atom stereocenters. The van der Waals surface area contributed by atoms with E-state index >= 15 is 0 Å². The molecule has 148 valence electrons. The van der Waals surface area contributed by atoms with Crippen molar-refractivity contribution < 1.29 is 4.39 Å². The summed E-state index contributed by atoms with van der Waals surface area (Å²) in [6, 6.07) is 7.22. The Morgan fingerprint density at radius 1 is 1.21 bits per heavy atom. The second-order valence-electron chi connectivity index (χ2n) is 7.74. The number of hydrogen-bond acceptors (Lipinski definition) is 6. The van der Waals surface area contributed by atoms with Gasteiger partial charge in [-0.3, -0.25) is 9.89 Å². The lowest BCUT2D eigenvalue weighted by molar-refractivity contribution is 0.178. The highest BCUT2D eigenvalue weighted by atomic mass is 19.1. The quantitative estimate of drug-likeness (QED) is 0.795. The van der Waals surface area contributed by atoms with Gasteiger partial charge in [0, 0.05) is 57.3 Å². The van der Waals surface area contributed by atoms with E-state index in [1.54, 1.807) is 6.07 Å². The molecule has 0 bridgehead atoms. The number of fused-ring (bicyclic) bond motifs is 1. The Hall–Kier alpha value is -2.46. The van der Waals surface area contributed by atoms with Gasteiger partial charge < -0.3 is 10.2 Å². The molecule has 1 atom stereocenters. The molecule has 6 nitrogen and oxygen atoms in total. The van der Waals surface area contributed by atoms with Crippen LogP contribution in [0, 0.1) is 17.1 Å². The first-order valence-electron chi connectivity index (χ1n) is 10.3. The number of anilines is 1. The van der Waals surface area contributed by atoms with Crippen molar-refractivity contribution >= 4 is 17.4 Å². The van der Waals surface area contributed by atoms with Gasteiger partial charge in [0.25, 0.3) is 0 Å². The topological polar surface area (TPSA) is 67.0 Å². The minimum atomic E-state index is -0.140. The summed E-state index contributed by atoms with van der Waals surface area (Å²) in [6.45, 7) is 6.55. The molecule has 0 spiro atoms. The number of hydrogen-bond donors (Lipinski definition) is 1. The molecule has 1 N–H and O–H groups in total. The summed E-state index contributed by atoms with van der Waals surface area (Å²) in [5, 5.41) is 12.4. The zero-order valence-corrected chi connectivity index (χ0v) is 16.2. The third kappa shape index (κ3) is 4.33. The molecule has 1 aromatic rings. The maximum absolute atomic E-state index is 13.5. The van der Waals surface area contributed by atoms with Crippen molar-refractivity contribution in [1.29, 1.82) is 5.26 Å². The first-order valence-corrected chi connectivity index (χ1v) is 10.3. The van der Waals surface area contributed by atoms with Crippen molar-refractivity contribution in [1.82, 2.24) is 9.80 Å². The molecular weight excluding hydrogens is 355 g/mol. The minimum absolute atomic E-state index is 0.140. The van der Waals surface area contributed by atoms with Crippen LogP contribution in [-0.4, -0.2) is 67.3 Å². The molecule has 1 aromatic carbocycles. The highest BCUT2D eigenvalue weighted by Crippen LogP contribution is 2.35. The van der Waals surface area contributed by atoms with E-state index in [2.05, 4.69) is 31.2 Å². The Morgan fingerprint density at radius 3 is 2.89 bits per heavy atom. The number of piperazine rings is 1. The molecule has 0 aromatic heterocycles. The normalized spacial score (nSPS) is 22.1. The Labute approximate surface area is 165 Å². The number of nitrogens with zero attached hydrogens (tertiary/aromatic N) is 5. The van der Waals surface area contributed by atoms with Crippen molar-refractivity contribution in [3.63, 3.8) is 0 Å². The first-order chi connectivity index (χ1) is 13.7. The molecule has 3 aliphatic heterocycles. The summed E-state index contributed by atoms with van der Waals surface area (Å²) in [7, 11) is 0. The summed E-state index contributed by atoms with van der Waals surface area (Å²) >= 11 is 0. The number of unbranched alkanes of at least 4 members (excludes halogenated alkanes) is 1. The Balaban J connectivity index is 1.17. The van der Waals surface area contributed by atoms with Crippen LogP contribution in [-0.2, 0) is 0 Å². The van der Waals surface area contributed by atoms with E-state index < -0.39 is 0 Å². The summed E-state index contributed by atoms with van der Waals surface area (Å²) in [5.41, 5.74) is 2.82. The molecule has 0 amide bonds. The molecule has 1 fully saturated rings. The monoisotopic (exact) mass is 382 g/mol. The number of rotatable bonds is 5. The number of aliphatic imine (C=N–C) groups is 2. The van der Waals surface area contributed by atoms with E-state index in [4.69, 9.17) is 5.26 Å². The second-order valence-corrected chi connectivity index (χ2v) is 7.74. The van der Waals surface area contributed by atoms with E-state index in [0.717, 1.165) is 69.3 Å². The summed E-state index contributed by atoms with van der Waals surface area (Å²) < 4.78 is 13.5. The second kappa shape index (κ2) is 8.70. The van der Waals surface area contributed by atoms with E-state index in [-0.39, 0.29) is 5.82 Å². The molecular formula is C21H27FN6. The summed E-state index contributed by atoms with van der Waals surface area (Å²) in [4.78, 5) is 13.5. The van der Waals surface area contributed by atoms with Gasteiger partial charge in [0.2, 0.25) is 5.96 Å². The van der Waals surface area contributed by atoms with Crippen molar-refractivity contribution in [2.45, 2.75) is 31.6 Å². The first kappa shape index (κ1) is 18.9. The van der Waals surface area contributed by atoms with Gasteiger partial charge in [-0.1, -0.05) is 6.42 Å². The number of benzene rings is 1. The SMILES string of the molecule is N#CC1=NC(N2CCN(CCCCC3CNc4ccc(F)cc43)CC2)=NCC1. The number of nitrogens with one attached hydrogen (secondary N) is 1. The van der Waals surface area contributed by atoms with E-state index in [1.807, 2.05) is 6.07 Å². The van der Waals surface area contributed by atoms with Gasteiger partial charge in [-0.2, -0.15) is 5.26 Å². The molecule has 28 heavy (non-hydrogen) atoms. The largest absolute Gasteiger partial charge is 0.384 e. The predicted octanol–water partition coefficient (Wildman–Crippen LogP) is 2.85. The van der Waals surface area contributed by atoms with Crippen molar-refractivity contribution in [3.8, 4) is 6.07 Å². The smallest absolute Gasteiger partial charge is 0.221 e. The Bertz CT molecular complexity index is 804. The lowest BCUT2D eigenvalue weighted by atomic mass is 9.95. The summed E-state index contributed by atoms with van der Waals surface area (Å²) in [6.07, 6.45) is 4.09. The fraction of sp³-hybridized carbons (Fsp3) is 0.571. The average molecular weight is 382 g/mol. The van der Waals surface area contributed by atoms with E-state index in [9.17, 15) is 4.39 Å². The molecule has 3 aliphatic rings. The van der Waals surface area contributed by atoms with Gasteiger partial charge in [-0.15, -0.1) is 0 Å². The van der Waals surface area contributed by atoms with Crippen molar-refractivity contribution in [3.05, 3.63) is 29.6 Å². The van der Waals surface area contributed by atoms with Gasteiger partial charge in [-0.25, -0.2) is 9.38 Å². The predicted molar refractivity (Wildman–Crippen MR) is 109 cm³/mol. The van der Waals surface area contributed by atoms with Gasteiger partial charge >= 0.3 is 0 Å². The van der Waals surface area contributed by atoms with Crippen molar-refractivity contribution in [2.24, 2.45) is 9.98 Å². The highest BCUT2D eigenvalue weighted by molar-refractivity contribution is 6.07. The van der Waals surface area contributed by atoms with E-state index in [1.165, 1.54) is 12.5 Å². The van der Waals surface area contributed by atoms with Gasteiger partial charge in [0.15, 0.2) is 0 Å².